The summed E-state index contributed by atoms with van der Waals surface area (Å²) in [7, 11) is -3.67. The van der Waals surface area contributed by atoms with Crippen LogP contribution in [0.1, 0.15) is 33.6 Å². The molecule has 11 heteroatoms. The highest BCUT2D eigenvalue weighted by molar-refractivity contribution is 7.85. The second kappa shape index (κ2) is 10.2. The molecule has 0 atom stereocenters. The standard InChI is InChI=1S/C23H20N4O3.CH4O3S/c24-22(28)20-17-6-8-26-21(17)18(11-19(20)30-13-16-5-1-2-7-25-16)15-10-14-4-3-9-29-23(14)27-12-15;1-5(2,3)4/h1-2,5,7-8,10-12H,3-4,6,9,13H2,(H2,24,28);1H3,(H,2,3,4). The lowest BCUT2D eigenvalue weighted by Crippen LogP contribution is -2.16. The van der Waals surface area contributed by atoms with Crippen molar-refractivity contribution in [1.29, 1.82) is 0 Å². The van der Waals surface area contributed by atoms with Crippen LogP contribution < -0.4 is 15.2 Å². The summed E-state index contributed by atoms with van der Waals surface area (Å²) in [6, 6.07) is 9.52. The van der Waals surface area contributed by atoms with Gasteiger partial charge < -0.3 is 15.2 Å². The van der Waals surface area contributed by atoms with Gasteiger partial charge in [-0.05, 0) is 37.1 Å². The van der Waals surface area contributed by atoms with Gasteiger partial charge in [-0.1, -0.05) is 6.07 Å². The number of nitrogens with two attached hydrogens (primary N) is 1. The maximum absolute atomic E-state index is 12.3. The van der Waals surface area contributed by atoms with Gasteiger partial charge >= 0.3 is 0 Å². The van der Waals surface area contributed by atoms with Gasteiger partial charge in [0.15, 0.2) is 0 Å². The minimum absolute atomic E-state index is 0.233. The van der Waals surface area contributed by atoms with Crippen LogP contribution in [0.5, 0.6) is 11.6 Å². The van der Waals surface area contributed by atoms with Crippen molar-refractivity contribution in [3.05, 3.63) is 65.1 Å². The van der Waals surface area contributed by atoms with E-state index in [1.807, 2.05) is 24.3 Å². The molecule has 2 aliphatic heterocycles. The minimum atomic E-state index is -3.67. The molecule has 0 radical (unpaired) electrons. The first-order valence-corrected chi connectivity index (χ1v) is 12.6. The maximum atomic E-state index is 12.3. The van der Waals surface area contributed by atoms with Gasteiger partial charge in [-0.2, -0.15) is 8.42 Å². The molecule has 4 heterocycles. The minimum Gasteiger partial charge on any atom is -0.486 e. The van der Waals surface area contributed by atoms with E-state index in [4.69, 9.17) is 19.8 Å². The predicted octanol–water partition coefficient (Wildman–Crippen LogP) is 2.91. The SMILES string of the molecule is CS(=O)(=O)O.NC(=O)c1c(OCc2ccccn2)cc(-c2cnc3c(c2)CCCO3)c2c1CC=N2. The molecule has 10 nitrogen and oxygen atoms in total. The zero-order chi connectivity index (χ0) is 25.0. The fraction of sp³-hybridized carbons (Fsp3) is 0.250. The molecule has 0 spiro atoms. The van der Waals surface area contributed by atoms with E-state index >= 15 is 0 Å². The van der Waals surface area contributed by atoms with Crippen LogP contribution in [0.25, 0.3) is 11.1 Å². The molecule has 0 bridgehead atoms. The van der Waals surface area contributed by atoms with Crippen molar-refractivity contribution in [2.24, 2.45) is 10.7 Å². The maximum Gasteiger partial charge on any atom is 0.261 e. The zero-order valence-electron chi connectivity index (χ0n) is 19.0. The Morgan fingerprint density at radius 3 is 2.77 bits per heavy atom. The van der Waals surface area contributed by atoms with E-state index in [0.717, 1.165) is 46.5 Å². The molecule has 5 rings (SSSR count). The highest BCUT2D eigenvalue weighted by Gasteiger charge is 2.26. The molecule has 35 heavy (non-hydrogen) atoms. The summed E-state index contributed by atoms with van der Waals surface area (Å²) in [5, 5.41) is 0. The Labute approximate surface area is 202 Å². The smallest absolute Gasteiger partial charge is 0.261 e. The van der Waals surface area contributed by atoms with Gasteiger partial charge in [0, 0.05) is 47.3 Å². The molecule has 0 unspecified atom stereocenters. The number of carbonyl (C=O) groups is 1. The number of aromatic nitrogens is 2. The molecule has 3 N–H and O–H groups in total. The first kappa shape index (κ1) is 24.3. The van der Waals surface area contributed by atoms with Crippen molar-refractivity contribution in [3.63, 3.8) is 0 Å². The molecule has 3 aromatic rings. The largest absolute Gasteiger partial charge is 0.486 e. The van der Waals surface area contributed by atoms with E-state index in [1.165, 1.54) is 0 Å². The molecular formula is C24H24N4O6S. The average Bonchev–Trinajstić information content (AvgIpc) is 3.30. The van der Waals surface area contributed by atoms with E-state index in [0.29, 0.717) is 36.5 Å². The lowest BCUT2D eigenvalue weighted by Gasteiger charge is -2.19. The Balaban J connectivity index is 0.000000527. The number of benzene rings is 1. The summed E-state index contributed by atoms with van der Waals surface area (Å²) in [5.41, 5.74) is 11.2. The third-order valence-corrected chi connectivity index (χ3v) is 5.29. The third kappa shape index (κ3) is 6.00. The molecule has 1 amide bonds. The van der Waals surface area contributed by atoms with Crippen molar-refractivity contribution in [1.82, 2.24) is 9.97 Å². The topological polar surface area (TPSA) is 154 Å². The number of amides is 1. The van der Waals surface area contributed by atoms with Crippen LogP contribution in [-0.4, -0.2) is 47.9 Å². The first-order valence-electron chi connectivity index (χ1n) is 10.8. The van der Waals surface area contributed by atoms with Crippen LogP contribution in [0.15, 0.2) is 47.7 Å². The number of carbonyl (C=O) groups excluding carboxylic acids is 1. The predicted molar refractivity (Wildman–Crippen MR) is 130 cm³/mol. The summed E-state index contributed by atoms with van der Waals surface area (Å²) in [4.78, 5) is 25.6. The fourth-order valence-electron chi connectivity index (χ4n) is 3.90. The normalized spacial score (nSPS) is 13.7. The van der Waals surface area contributed by atoms with Crippen molar-refractivity contribution in [2.75, 3.05) is 12.9 Å². The molecule has 0 fully saturated rings. The molecule has 0 saturated carbocycles. The van der Waals surface area contributed by atoms with Crippen LogP contribution in [0, 0.1) is 0 Å². The van der Waals surface area contributed by atoms with Crippen LogP contribution in [-0.2, 0) is 29.6 Å². The highest BCUT2D eigenvalue weighted by Crippen LogP contribution is 2.43. The molecule has 2 aliphatic rings. The highest BCUT2D eigenvalue weighted by atomic mass is 32.2. The molecule has 2 aromatic heterocycles. The van der Waals surface area contributed by atoms with Crippen molar-refractivity contribution in [3.8, 4) is 22.8 Å². The molecule has 0 saturated heterocycles. The molecule has 0 aliphatic carbocycles. The van der Waals surface area contributed by atoms with E-state index in [2.05, 4.69) is 21.0 Å². The number of ether oxygens (including phenoxy) is 2. The summed E-state index contributed by atoms with van der Waals surface area (Å²) >= 11 is 0. The van der Waals surface area contributed by atoms with Crippen LogP contribution >= 0.6 is 0 Å². The van der Waals surface area contributed by atoms with E-state index in [-0.39, 0.29) is 6.61 Å². The Bertz CT molecular complexity index is 1380. The summed E-state index contributed by atoms with van der Waals surface area (Å²) < 4.78 is 37.5. The van der Waals surface area contributed by atoms with Crippen LogP contribution in [0.2, 0.25) is 0 Å². The number of fused-ring (bicyclic) bond motifs is 2. The van der Waals surface area contributed by atoms with Crippen LogP contribution in [0.4, 0.5) is 5.69 Å². The van der Waals surface area contributed by atoms with Crippen molar-refractivity contribution >= 4 is 27.9 Å². The molecular weight excluding hydrogens is 472 g/mol. The van der Waals surface area contributed by atoms with Crippen molar-refractivity contribution in [2.45, 2.75) is 25.9 Å². The quantitative estimate of drug-likeness (QED) is 0.511. The van der Waals surface area contributed by atoms with Gasteiger partial charge in [-0.15, -0.1) is 0 Å². The number of hydrogen-bond acceptors (Lipinski definition) is 8. The Morgan fingerprint density at radius 1 is 1.26 bits per heavy atom. The Kier molecular flexibility index (Phi) is 7.08. The number of aliphatic imine (C=N–C) groups is 1. The third-order valence-electron chi connectivity index (χ3n) is 5.29. The fourth-order valence-corrected chi connectivity index (χ4v) is 3.90. The number of rotatable bonds is 5. The summed E-state index contributed by atoms with van der Waals surface area (Å²) in [6.07, 6.45) is 8.40. The van der Waals surface area contributed by atoms with E-state index in [9.17, 15) is 13.2 Å². The number of hydrogen-bond donors (Lipinski definition) is 2. The van der Waals surface area contributed by atoms with Gasteiger partial charge in [0.05, 0.1) is 29.8 Å². The van der Waals surface area contributed by atoms with Gasteiger partial charge in [0.2, 0.25) is 5.88 Å². The second-order valence-corrected chi connectivity index (χ2v) is 9.45. The van der Waals surface area contributed by atoms with E-state index in [1.54, 1.807) is 18.6 Å². The zero-order valence-corrected chi connectivity index (χ0v) is 19.8. The van der Waals surface area contributed by atoms with Gasteiger partial charge in [0.25, 0.3) is 16.0 Å². The first-order chi connectivity index (χ1) is 16.7. The summed E-state index contributed by atoms with van der Waals surface area (Å²) in [6.45, 7) is 0.925. The molecule has 182 valence electrons. The average molecular weight is 497 g/mol. The number of primary amides is 1. The monoisotopic (exact) mass is 496 g/mol. The van der Waals surface area contributed by atoms with Gasteiger partial charge in [-0.3, -0.25) is 19.3 Å². The van der Waals surface area contributed by atoms with Gasteiger partial charge in [-0.25, -0.2) is 4.98 Å². The second-order valence-electron chi connectivity index (χ2n) is 7.99. The Morgan fingerprint density at radius 2 is 2.06 bits per heavy atom. The van der Waals surface area contributed by atoms with Crippen molar-refractivity contribution < 1.29 is 27.2 Å². The lowest BCUT2D eigenvalue weighted by atomic mass is 9.94. The van der Waals surface area contributed by atoms with E-state index < -0.39 is 16.0 Å². The van der Waals surface area contributed by atoms with Gasteiger partial charge in [0.1, 0.15) is 12.4 Å². The number of aryl methyl sites for hydroxylation is 1. The Hall–Kier alpha value is -3.83. The lowest BCUT2D eigenvalue weighted by molar-refractivity contribution is 0.0995. The summed E-state index contributed by atoms with van der Waals surface area (Å²) in [5.74, 6) is 0.586. The number of pyridine rings is 2. The van der Waals surface area contributed by atoms with Crippen LogP contribution in [0.3, 0.4) is 0 Å². The number of nitrogens with zero attached hydrogens (tertiary/aromatic N) is 3. The molecule has 1 aromatic carbocycles.